The fraction of sp³-hybridized carbons (Fsp3) is 0.909. The summed E-state index contributed by atoms with van der Waals surface area (Å²) in [7, 11) is -1.78. The molecule has 1 amide bonds. The van der Waals surface area contributed by atoms with E-state index < -0.39 is 10.0 Å². The molecular formula is C11H24ClN3O4S2. The highest BCUT2D eigenvalue weighted by Gasteiger charge is 2.23. The Labute approximate surface area is 136 Å². The minimum absolute atomic E-state index is 0. The van der Waals surface area contributed by atoms with Crippen LogP contribution in [0.1, 0.15) is 6.42 Å². The van der Waals surface area contributed by atoms with E-state index in [1.165, 1.54) is 11.4 Å². The molecule has 1 fully saturated rings. The van der Waals surface area contributed by atoms with Crippen LogP contribution in [0.3, 0.4) is 0 Å². The quantitative estimate of drug-likeness (QED) is 0.591. The van der Waals surface area contributed by atoms with Gasteiger partial charge in [-0.15, -0.1) is 12.4 Å². The predicted octanol–water partition coefficient (Wildman–Crippen LogP) is -0.733. The average Bonchev–Trinajstić information content (AvgIpc) is 2.45. The van der Waals surface area contributed by atoms with Gasteiger partial charge in [0.2, 0.25) is 15.9 Å². The Morgan fingerprint density at radius 3 is 2.57 bits per heavy atom. The number of amides is 1. The van der Waals surface area contributed by atoms with E-state index in [0.29, 0.717) is 13.1 Å². The number of nitrogens with zero attached hydrogens (tertiary/aromatic N) is 1. The Kier molecular flexibility index (Phi) is 10.6. The maximum atomic E-state index is 12.0. The Morgan fingerprint density at radius 2 is 2.05 bits per heavy atom. The van der Waals surface area contributed by atoms with Gasteiger partial charge in [0.15, 0.2) is 0 Å². The van der Waals surface area contributed by atoms with E-state index in [0.717, 1.165) is 11.5 Å². The molecule has 0 aliphatic carbocycles. The van der Waals surface area contributed by atoms with Crippen LogP contribution in [0.4, 0.5) is 0 Å². The molecule has 126 valence electrons. The van der Waals surface area contributed by atoms with Gasteiger partial charge in [-0.3, -0.25) is 4.79 Å². The van der Waals surface area contributed by atoms with Gasteiger partial charge in [0.25, 0.3) is 0 Å². The van der Waals surface area contributed by atoms with E-state index in [-0.39, 0.29) is 49.7 Å². The number of methoxy groups -OCH3 is 1. The zero-order valence-electron chi connectivity index (χ0n) is 12.1. The predicted molar refractivity (Wildman–Crippen MR) is 87.4 cm³/mol. The van der Waals surface area contributed by atoms with Crippen LogP contribution in [0.5, 0.6) is 0 Å². The number of rotatable bonds is 8. The molecular weight excluding hydrogens is 338 g/mol. The number of carbonyl (C=O) groups is 1. The van der Waals surface area contributed by atoms with Gasteiger partial charge >= 0.3 is 0 Å². The van der Waals surface area contributed by atoms with Crippen molar-refractivity contribution in [1.29, 1.82) is 0 Å². The molecule has 7 nitrogen and oxygen atoms in total. The van der Waals surface area contributed by atoms with E-state index in [1.54, 1.807) is 11.8 Å². The van der Waals surface area contributed by atoms with Gasteiger partial charge in [-0.25, -0.2) is 12.7 Å². The topological polar surface area (TPSA) is 102 Å². The second-order valence-corrected chi connectivity index (χ2v) is 7.79. The van der Waals surface area contributed by atoms with E-state index >= 15 is 0 Å². The van der Waals surface area contributed by atoms with Crippen LogP contribution < -0.4 is 11.1 Å². The smallest absolute Gasteiger partial charge is 0.222 e. The van der Waals surface area contributed by atoms with Crippen LogP contribution in [0.25, 0.3) is 0 Å². The van der Waals surface area contributed by atoms with Gasteiger partial charge in [-0.05, 0) is 0 Å². The third-order valence-corrected chi connectivity index (χ3v) is 5.87. The Bertz CT molecular complexity index is 398. The minimum Gasteiger partial charge on any atom is -0.380 e. The average molecular weight is 362 g/mol. The first-order chi connectivity index (χ1) is 9.49. The summed E-state index contributed by atoms with van der Waals surface area (Å²) >= 11 is 1.75. The zero-order valence-corrected chi connectivity index (χ0v) is 14.6. The van der Waals surface area contributed by atoms with Gasteiger partial charge < -0.3 is 15.8 Å². The highest BCUT2D eigenvalue weighted by molar-refractivity contribution is 7.99. The van der Waals surface area contributed by atoms with Crippen molar-refractivity contribution in [2.24, 2.45) is 5.73 Å². The number of nitrogens with one attached hydrogen (secondary N) is 1. The number of thioether (sulfide) groups is 1. The Balaban J connectivity index is 0.00000400. The molecule has 21 heavy (non-hydrogen) atoms. The van der Waals surface area contributed by atoms with Crippen LogP contribution >= 0.6 is 24.2 Å². The molecule has 10 heteroatoms. The summed E-state index contributed by atoms with van der Waals surface area (Å²) in [6, 6.07) is 0. The van der Waals surface area contributed by atoms with Gasteiger partial charge in [-0.2, -0.15) is 11.8 Å². The first-order valence-electron chi connectivity index (χ1n) is 6.54. The van der Waals surface area contributed by atoms with Crippen molar-refractivity contribution in [3.8, 4) is 0 Å². The second kappa shape index (κ2) is 10.6. The largest absolute Gasteiger partial charge is 0.380 e. The number of halogens is 1. The molecule has 1 rings (SSSR count). The lowest BCUT2D eigenvalue weighted by molar-refractivity contribution is -0.123. The molecule has 1 atom stereocenters. The molecule has 1 unspecified atom stereocenters. The second-order valence-electron chi connectivity index (χ2n) is 4.47. The lowest BCUT2D eigenvalue weighted by Gasteiger charge is -2.25. The third-order valence-electron chi connectivity index (χ3n) is 3.05. The Morgan fingerprint density at radius 1 is 1.43 bits per heavy atom. The first kappa shape index (κ1) is 20.9. The summed E-state index contributed by atoms with van der Waals surface area (Å²) in [5.41, 5.74) is 5.42. The van der Waals surface area contributed by atoms with Crippen molar-refractivity contribution >= 4 is 40.1 Å². The lowest BCUT2D eigenvalue weighted by atomic mass is 10.2. The highest BCUT2D eigenvalue weighted by Crippen LogP contribution is 2.12. The summed E-state index contributed by atoms with van der Waals surface area (Å²) in [6.07, 6.45) is -0.182. The molecule has 0 radical (unpaired) electrons. The summed E-state index contributed by atoms with van der Waals surface area (Å²) in [6.45, 7) is 1.49. The maximum Gasteiger partial charge on any atom is 0.222 e. The normalized spacial score (nSPS) is 17.8. The van der Waals surface area contributed by atoms with Gasteiger partial charge in [-0.1, -0.05) is 0 Å². The molecule has 1 heterocycles. The van der Waals surface area contributed by atoms with Crippen molar-refractivity contribution in [1.82, 2.24) is 9.62 Å². The molecule has 0 spiro atoms. The molecule has 1 aliphatic rings. The van der Waals surface area contributed by atoms with Crippen LogP contribution in [-0.4, -0.2) is 75.3 Å². The monoisotopic (exact) mass is 361 g/mol. The van der Waals surface area contributed by atoms with Gasteiger partial charge in [0.1, 0.15) is 0 Å². The summed E-state index contributed by atoms with van der Waals surface area (Å²) in [4.78, 5) is 11.6. The summed E-state index contributed by atoms with van der Waals surface area (Å²) in [5.74, 6) is 1.35. The van der Waals surface area contributed by atoms with E-state index in [1.807, 2.05) is 0 Å². The molecule has 0 aromatic heterocycles. The molecule has 1 saturated heterocycles. The fourth-order valence-electron chi connectivity index (χ4n) is 1.82. The third kappa shape index (κ3) is 7.66. The van der Waals surface area contributed by atoms with Crippen molar-refractivity contribution in [3.63, 3.8) is 0 Å². The number of ether oxygens (including phenoxy) is 1. The molecule has 0 bridgehead atoms. The SMILES string of the molecule is COC(CN)CC(=O)NCCS(=O)(=O)N1CCSCC1.Cl. The minimum atomic E-state index is -3.27. The number of hydrogen-bond acceptors (Lipinski definition) is 6. The molecule has 0 aromatic rings. The van der Waals surface area contributed by atoms with Crippen molar-refractivity contribution in [3.05, 3.63) is 0 Å². The Hall–Kier alpha value is -0.0600. The van der Waals surface area contributed by atoms with Crippen LogP contribution in [0.2, 0.25) is 0 Å². The van der Waals surface area contributed by atoms with E-state index in [9.17, 15) is 13.2 Å². The van der Waals surface area contributed by atoms with Crippen LogP contribution in [0, 0.1) is 0 Å². The number of carbonyl (C=O) groups excluding carboxylic acids is 1. The van der Waals surface area contributed by atoms with Gasteiger partial charge in [0.05, 0.1) is 18.3 Å². The standard InChI is InChI=1S/C11H23N3O4S2.ClH/c1-18-10(9-12)8-11(15)13-2-7-20(16,17)14-3-5-19-6-4-14;/h10H,2-9,12H2,1H3,(H,13,15);1H. The van der Waals surface area contributed by atoms with E-state index in [4.69, 9.17) is 10.5 Å². The first-order valence-corrected chi connectivity index (χ1v) is 9.31. The van der Waals surface area contributed by atoms with Crippen LogP contribution in [0.15, 0.2) is 0 Å². The van der Waals surface area contributed by atoms with Gasteiger partial charge in [0, 0.05) is 44.8 Å². The highest BCUT2D eigenvalue weighted by atomic mass is 35.5. The lowest BCUT2D eigenvalue weighted by Crippen LogP contribution is -2.42. The fourth-order valence-corrected chi connectivity index (χ4v) is 4.31. The number of nitrogens with two attached hydrogens (primary N) is 1. The molecule has 0 saturated carbocycles. The molecule has 0 aromatic carbocycles. The zero-order chi connectivity index (χ0) is 15.0. The molecule has 3 N–H and O–H groups in total. The maximum absolute atomic E-state index is 12.0. The molecule has 1 aliphatic heterocycles. The summed E-state index contributed by atoms with van der Waals surface area (Å²) in [5, 5.41) is 2.59. The number of sulfonamides is 1. The van der Waals surface area contributed by atoms with Crippen molar-refractivity contribution in [2.75, 3.05) is 50.5 Å². The van der Waals surface area contributed by atoms with Crippen LogP contribution in [-0.2, 0) is 19.6 Å². The van der Waals surface area contributed by atoms with Crippen molar-refractivity contribution < 1.29 is 17.9 Å². The van der Waals surface area contributed by atoms with Crippen molar-refractivity contribution in [2.45, 2.75) is 12.5 Å². The number of hydrogen-bond donors (Lipinski definition) is 2. The summed E-state index contributed by atoms with van der Waals surface area (Å²) < 4.78 is 30.5. The van der Waals surface area contributed by atoms with E-state index in [2.05, 4.69) is 5.32 Å².